The number of rotatable bonds is 6. The highest BCUT2D eigenvalue weighted by atomic mass is 16.6. The van der Waals surface area contributed by atoms with Crippen LogP contribution in [0.1, 0.15) is 22.3 Å². The van der Waals surface area contributed by atoms with Crippen molar-refractivity contribution in [3.8, 4) is 0 Å². The Balaban J connectivity index is 1.86. The zero-order valence-corrected chi connectivity index (χ0v) is 11.7. The van der Waals surface area contributed by atoms with Crippen LogP contribution >= 0.6 is 0 Å². The second-order valence-corrected chi connectivity index (χ2v) is 4.77. The summed E-state index contributed by atoms with van der Waals surface area (Å²) >= 11 is 0. The van der Waals surface area contributed by atoms with Gasteiger partial charge in [0.25, 0.3) is 5.69 Å². The minimum Gasteiger partial charge on any atom is -0.385 e. The van der Waals surface area contributed by atoms with E-state index in [2.05, 4.69) is 5.32 Å². The Labute approximate surface area is 122 Å². The van der Waals surface area contributed by atoms with Gasteiger partial charge in [-0.25, -0.2) is 0 Å². The van der Waals surface area contributed by atoms with E-state index in [1.807, 2.05) is 31.2 Å². The van der Waals surface area contributed by atoms with Crippen LogP contribution in [0.2, 0.25) is 0 Å². The van der Waals surface area contributed by atoms with Crippen LogP contribution in [0, 0.1) is 17.0 Å². The summed E-state index contributed by atoms with van der Waals surface area (Å²) in [7, 11) is 0. The highest BCUT2D eigenvalue weighted by Gasteiger charge is 2.09. The molecule has 2 rings (SSSR count). The van der Waals surface area contributed by atoms with E-state index >= 15 is 0 Å². The molecule has 21 heavy (non-hydrogen) atoms. The maximum atomic E-state index is 12.0. The highest BCUT2D eigenvalue weighted by Crippen LogP contribution is 2.14. The molecule has 0 unspecified atom stereocenters. The molecule has 0 amide bonds. The van der Waals surface area contributed by atoms with E-state index in [-0.39, 0.29) is 11.5 Å². The number of benzene rings is 2. The minimum absolute atomic E-state index is 0.00988. The van der Waals surface area contributed by atoms with Crippen molar-refractivity contribution >= 4 is 17.2 Å². The van der Waals surface area contributed by atoms with E-state index in [0.717, 1.165) is 5.69 Å². The van der Waals surface area contributed by atoms with Crippen LogP contribution in [-0.4, -0.2) is 17.3 Å². The Morgan fingerprint density at radius 3 is 2.29 bits per heavy atom. The Kier molecular flexibility index (Phi) is 4.66. The van der Waals surface area contributed by atoms with E-state index in [4.69, 9.17) is 0 Å². The van der Waals surface area contributed by atoms with Gasteiger partial charge in [-0.05, 0) is 31.2 Å². The van der Waals surface area contributed by atoms with Crippen LogP contribution in [0.4, 0.5) is 11.4 Å². The summed E-state index contributed by atoms with van der Waals surface area (Å²) in [4.78, 5) is 22.0. The van der Waals surface area contributed by atoms with E-state index in [1.54, 1.807) is 0 Å². The average Bonchev–Trinajstić information content (AvgIpc) is 2.49. The molecule has 2 aromatic carbocycles. The maximum Gasteiger partial charge on any atom is 0.269 e. The van der Waals surface area contributed by atoms with Gasteiger partial charge in [0.2, 0.25) is 0 Å². The summed E-state index contributed by atoms with van der Waals surface area (Å²) in [6, 6.07) is 13.6. The molecule has 0 bridgehead atoms. The fourth-order valence-corrected chi connectivity index (χ4v) is 1.91. The molecule has 0 aliphatic rings. The molecule has 0 saturated heterocycles. The lowest BCUT2D eigenvalue weighted by Gasteiger charge is -2.06. The molecule has 1 N–H and O–H groups in total. The first-order valence-corrected chi connectivity index (χ1v) is 6.64. The molecule has 0 spiro atoms. The number of nitrogens with one attached hydrogen (secondary N) is 1. The molecular formula is C16H16N2O3. The van der Waals surface area contributed by atoms with Gasteiger partial charge in [-0.1, -0.05) is 17.7 Å². The molecule has 5 heteroatoms. The molecule has 0 radical (unpaired) electrons. The van der Waals surface area contributed by atoms with Crippen LogP contribution < -0.4 is 5.32 Å². The summed E-state index contributed by atoms with van der Waals surface area (Å²) in [6.45, 7) is 2.54. The lowest BCUT2D eigenvalue weighted by molar-refractivity contribution is -0.384. The average molecular weight is 284 g/mol. The van der Waals surface area contributed by atoms with Crippen molar-refractivity contribution in [1.82, 2.24) is 0 Å². The molecule has 0 aliphatic carbocycles. The SMILES string of the molecule is Cc1ccc(NCCC(=O)c2ccc([N+](=O)[O-])cc2)cc1. The third-order valence-electron chi connectivity index (χ3n) is 3.13. The normalized spacial score (nSPS) is 10.1. The summed E-state index contributed by atoms with van der Waals surface area (Å²) in [5.74, 6) is -0.0375. The second kappa shape index (κ2) is 6.65. The number of aryl methyl sites for hydroxylation is 1. The van der Waals surface area contributed by atoms with E-state index in [9.17, 15) is 14.9 Å². The standard InChI is InChI=1S/C16H16N2O3/c1-12-2-6-14(7-3-12)17-11-10-16(19)13-4-8-15(9-5-13)18(20)21/h2-9,17H,10-11H2,1H3. The number of carbonyl (C=O) groups excluding carboxylic acids is 1. The van der Waals surface area contributed by atoms with Gasteiger partial charge in [-0.2, -0.15) is 0 Å². The van der Waals surface area contributed by atoms with E-state index < -0.39 is 4.92 Å². The third-order valence-corrected chi connectivity index (χ3v) is 3.13. The Hall–Kier alpha value is -2.69. The number of nitro benzene ring substituents is 1. The molecule has 0 saturated carbocycles. The predicted molar refractivity (Wildman–Crippen MR) is 81.7 cm³/mol. The third kappa shape index (κ3) is 4.14. The van der Waals surface area contributed by atoms with E-state index in [0.29, 0.717) is 18.5 Å². The van der Waals surface area contributed by atoms with Gasteiger partial charge in [-0.3, -0.25) is 14.9 Å². The van der Waals surface area contributed by atoms with Gasteiger partial charge >= 0.3 is 0 Å². The molecule has 108 valence electrons. The number of hydrogen-bond acceptors (Lipinski definition) is 4. The highest BCUT2D eigenvalue weighted by molar-refractivity contribution is 5.96. The molecular weight excluding hydrogens is 268 g/mol. The zero-order chi connectivity index (χ0) is 15.2. The van der Waals surface area contributed by atoms with Crippen molar-refractivity contribution in [3.63, 3.8) is 0 Å². The number of nitro groups is 1. The first-order valence-electron chi connectivity index (χ1n) is 6.64. The summed E-state index contributed by atoms with van der Waals surface area (Å²) in [5, 5.41) is 13.7. The predicted octanol–water partition coefficient (Wildman–Crippen LogP) is 3.59. The quantitative estimate of drug-likeness (QED) is 0.500. The number of anilines is 1. The number of ketones is 1. The van der Waals surface area contributed by atoms with E-state index in [1.165, 1.54) is 29.8 Å². The second-order valence-electron chi connectivity index (χ2n) is 4.77. The Bertz CT molecular complexity index is 634. The van der Waals surface area contributed by atoms with Crippen molar-refractivity contribution < 1.29 is 9.72 Å². The molecule has 0 fully saturated rings. The fourth-order valence-electron chi connectivity index (χ4n) is 1.91. The lowest BCUT2D eigenvalue weighted by Crippen LogP contribution is -2.08. The molecule has 2 aromatic rings. The molecule has 0 aliphatic heterocycles. The van der Waals surface area contributed by atoms with Crippen LogP contribution in [0.25, 0.3) is 0 Å². The van der Waals surface area contributed by atoms with Crippen LogP contribution in [0.15, 0.2) is 48.5 Å². The number of carbonyl (C=O) groups is 1. The minimum atomic E-state index is -0.479. The lowest BCUT2D eigenvalue weighted by atomic mass is 10.1. The van der Waals surface area contributed by atoms with Gasteiger partial charge in [0.15, 0.2) is 5.78 Å². The van der Waals surface area contributed by atoms with Crippen molar-refractivity contribution in [3.05, 3.63) is 69.8 Å². The smallest absolute Gasteiger partial charge is 0.269 e. The largest absolute Gasteiger partial charge is 0.385 e. The van der Waals surface area contributed by atoms with Crippen molar-refractivity contribution in [2.45, 2.75) is 13.3 Å². The van der Waals surface area contributed by atoms with Crippen molar-refractivity contribution in [1.29, 1.82) is 0 Å². The first-order chi connectivity index (χ1) is 10.1. The van der Waals surface area contributed by atoms with Gasteiger partial charge in [0.05, 0.1) is 4.92 Å². The first kappa shape index (κ1) is 14.7. The summed E-state index contributed by atoms with van der Waals surface area (Å²) < 4.78 is 0. The van der Waals surface area contributed by atoms with Crippen molar-refractivity contribution in [2.24, 2.45) is 0 Å². The number of hydrogen-bond donors (Lipinski definition) is 1. The number of Topliss-reactive ketones (excluding diaryl/α,β-unsaturated/α-hetero) is 1. The van der Waals surface area contributed by atoms with Crippen molar-refractivity contribution in [2.75, 3.05) is 11.9 Å². The molecule has 0 aromatic heterocycles. The summed E-state index contributed by atoms with van der Waals surface area (Å²) in [5.41, 5.74) is 2.63. The summed E-state index contributed by atoms with van der Waals surface area (Å²) in [6.07, 6.45) is 0.339. The van der Waals surface area contributed by atoms with Gasteiger partial charge in [0.1, 0.15) is 0 Å². The maximum absolute atomic E-state index is 12.0. The fraction of sp³-hybridized carbons (Fsp3) is 0.188. The molecule has 5 nitrogen and oxygen atoms in total. The van der Waals surface area contributed by atoms with Crippen LogP contribution in [-0.2, 0) is 0 Å². The Morgan fingerprint density at radius 2 is 1.71 bits per heavy atom. The van der Waals surface area contributed by atoms with Gasteiger partial charge < -0.3 is 5.32 Å². The number of nitrogens with zero attached hydrogens (tertiary/aromatic N) is 1. The van der Waals surface area contributed by atoms with Crippen LogP contribution in [0.3, 0.4) is 0 Å². The monoisotopic (exact) mass is 284 g/mol. The topological polar surface area (TPSA) is 72.2 Å². The Morgan fingerprint density at radius 1 is 1.10 bits per heavy atom. The molecule has 0 heterocycles. The molecule has 0 atom stereocenters. The van der Waals surface area contributed by atoms with Gasteiger partial charge in [0, 0.05) is 36.3 Å². The van der Waals surface area contributed by atoms with Crippen LogP contribution in [0.5, 0.6) is 0 Å². The zero-order valence-electron chi connectivity index (χ0n) is 11.7. The number of non-ortho nitro benzene ring substituents is 1. The van der Waals surface area contributed by atoms with Gasteiger partial charge in [-0.15, -0.1) is 0 Å².